The monoisotopic (exact) mass is 250 g/mol. The van der Waals surface area contributed by atoms with Gasteiger partial charge in [-0.2, -0.15) is 0 Å². The summed E-state index contributed by atoms with van der Waals surface area (Å²) in [6.07, 6.45) is 0.167. The van der Waals surface area contributed by atoms with Gasteiger partial charge in [-0.3, -0.25) is 4.79 Å². The Morgan fingerprint density at radius 3 is 2.78 bits per heavy atom. The summed E-state index contributed by atoms with van der Waals surface area (Å²) in [5.74, 6) is 0.917. The van der Waals surface area contributed by atoms with Crippen LogP contribution in [-0.2, 0) is 0 Å². The van der Waals surface area contributed by atoms with Crippen molar-refractivity contribution < 1.29 is 19.4 Å². The summed E-state index contributed by atoms with van der Waals surface area (Å²) < 4.78 is 10.4. The predicted octanol–water partition coefficient (Wildman–Crippen LogP) is 0.204. The Kier molecular flexibility index (Phi) is 2.52. The first-order valence-electron chi connectivity index (χ1n) is 5.81. The first-order valence-corrected chi connectivity index (χ1v) is 5.81. The molecule has 96 valence electrons. The Hall–Kier alpha value is -1.95. The first kappa shape index (κ1) is 11.2. The highest BCUT2D eigenvalue weighted by molar-refractivity contribution is 6.00. The van der Waals surface area contributed by atoms with Gasteiger partial charge in [-0.15, -0.1) is 0 Å². The summed E-state index contributed by atoms with van der Waals surface area (Å²) >= 11 is 0. The normalized spacial score (nSPS) is 21.4. The molecule has 0 bridgehead atoms. The zero-order valence-corrected chi connectivity index (χ0v) is 9.76. The van der Waals surface area contributed by atoms with Crippen molar-refractivity contribution in [3.8, 4) is 11.5 Å². The number of nitrogens with zero attached hydrogens (tertiary/aromatic N) is 1. The van der Waals surface area contributed by atoms with E-state index in [4.69, 9.17) is 15.2 Å². The van der Waals surface area contributed by atoms with Gasteiger partial charge in [-0.05, 0) is 12.5 Å². The van der Waals surface area contributed by atoms with Gasteiger partial charge < -0.3 is 25.2 Å². The van der Waals surface area contributed by atoms with E-state index in [0.29, 0.717) is 42.3 Å². The van der Waals surface area contributed by atoms with Crippen molar-refractivity contribution >= 4 is 11.6 Å². The molecule has 1 fully saturated rings. The van der Waals surface area contributed by atoms with Gasteiger partial charge in [0.25, 0.3) is 5.91 Å². The summed E-state index contributed by atoms with van der Waals surface area (Å²) in [5.41, 5.74) is 6.61. The van der Waals surface area contributed by atoms with Crippen molar-refractivity contribution in [2.75, 3.05) is 25.6 Å². The van der Waals surface area contributed by atoms with Crippen LogP contribution in [0.15, 0.2) is 12.1 Å². The van der Waals surface area contributed by atoms with Crippen LogP contribution in [0.4, 0.5) is 5.69 Å². The summed E-state index contributed by atoms with van der Waals surface area (Å²) in [4.78, 5) is 13.8. The maximum Gasteiger partial charge on any atom is 0.256 e. The summed E-state index contributed by atoms with van der Waals surface area (Å²) in [6.45, 7) is 1.05. The molecule has 3 rings (SSSR count). The molecular weight excluding hydrogens is 236 g/mol. The lowest BCUT2D eigenvalue weighted by Gasteiger charge is -2.17. The Morgan fingerprint density at radius 1 is 1.39 bits per heavy atom. The first-order chi connectivity index (χ1) is 8.65. The zero-order chi connectivity index (χ0) is 12.7. The lowest BCUT2D eigenvalue weighted by Crippen LogP contribution is -2.30. The molecule has 1 unspecified atom stereocenters. The number of carbonyl (C=O) groups is 1. The topological polar surface area (TPSA) is 85.0 Å². The Labute approximate surface area is 104 Å². The fourth-order valence-corrected chi connectivity index (χ4v) is 2.24. The zero-order valence-electron chi connectivity index (χ0n) is 9.76. The van der Waals surface area contributed by atoms with E-state index in [2.05, 4.69) is 0 Å². The number of hydrogen-bond acceptors (Lipinski definition) is 5. The summed E-state index contributed by atoms with van der Waals surface area (Å²) in [7, 11) is 0. The average molecular weight is 250 g/mol. The van der Waals surface area contributed by atoms with Crippen LogP contribution in [0.5, 0.6) is 11.5 Å². The van der Waals surface area contributed by atoms with Crippen LogP contribution in [0.3, 0.4) is 0 Å². The SMILES string of the molecule is Nc1cc2c(cc1C(=O)N1CCC(O)C1)OCO2. The standard InChI is InChI=1S/C12H14N2O4/c13-9-4-11-10(17-6-18-11)3-8(9)12(16)14-2-1-7(15)5-14/h3-4,7,15H,1-2,5-6,13H2. The highest BCUT2D eigenvalue weighted by Crippen LogP contribution is 2.36. The number of nitrogen functional groups attached to an aromatic ring is 1. The van der Waals surface area contributed by atoms with Gasteiger partial charge in [0.1, 0.15) is 0 Å². The van der Waals surface area contributed by atoms with Gasteiger partial charge in [0.15, 0.2) is 11.5 Å². The number of aliphatic hydroxyl groups is 1. The van der Waals surface area contributed by atoms with E-state index in [1.54, 1.807) is 17.0 Å². The number of amides is 1. The van der Waals surface area contributed by atoms with Gasteiger partial charge >= 0.3 is 0 Å². The fourth-order valence-electron chi connectivity index (χ4n) is 2.24. The number of hydrogen-bond donors (Lipinski definition) is 2. The largest absolute Gasteiger partial charge is 0.454 e. The van der Waals surface area contributed by atoms with Gasteiger partial charge in [-0.25, -0.2) is 0 Å². The highest BCUT2D eigenvalue weighted by atomic mass is 16.7. The molecule has 0 aliphatic carbocycles. The van der Waals surface area contributed by atoms with Crippen molar-refractivity contribution in [1.82, 2.24) is 4.90 Å². The molecule has 1 amide bonds. The van der Waals surface area contributed by atoms with E-state index < -0.39 is 6.10 Å². The van der Waals surface area contributed by atoms with Crippen LogP contribution in [0.2, 0.25) is 0 Å². The lowest BCUT2D eigenvalue weighted by atomic mass is 10.1. The van der Waals surface area contributed by atoms with Gasteiger partial charge in [0, 0.05) is 24.8 Å². The molecule has 6 nitrogen and oxygen atoms in total. The molecule has 1 saturated heterocycles. The van der Waals surface area contributed by atoms with Crippen LogP contribution >= 0.6 is 0 Å². The third-order valence-corrected chi connectivity index (χ3v) is 3.23. The number of β-amino-alcohol motifs (C(OH)–C–C–N with tert-alkyl or cyclic N) is 1. The van der Waals surface area contributed by atoms with E-state index in [1.165, 1.54) is 0 Å². The van der Waals surface area contributed by atoms with Crippen LogP contribution in [0.25, 0.3) is 0 Å². The fraction of sp³-hybridized carbons (Fsp3) is 0.417. The number of carbonyl (C=O) groups excluding carboxylic acids is 1. The minimum absolute atomic E-state index is 0.148. The second kappa shape index (κ2) is 4.06. The minimum atomic E-state index is -0.441. The number of rotatable bonds is 1. The van der Waals surface area contributed by atoms with Crippen molar-refractivity contribution in [3.05, 3.63) is 17.7 Å². The summed E-state index contributed by atoms with van der Waals surface area (Å²) in [6, 6.07) is 3.20. The molecule has 2 aliphatic rings. The van der Waals surface area contributed by atoms with Crippen LogP contribution in [0, 0.1) is 0 Å². The minimum Gasteiger partial charge on any atom is -0.454 e. The second-order valence-electron chi connectivity index (χ2n) is 4.49. The van der Waals surface area contributed by atoms with E-state index in [0.717, 1.165) is 0 Å². The maximum absolute atomic E-state index is 12.3. The Morgan fingerprint density at radius 2 is 2.11 bits per heavy atom. The maximum atomic E-state index is 12.3. The highest BCUT2D eigenvalue weighted by Gasteiger charge is 2.28. The van der Waals surface area contributed by atoms with Crippen LogP contribution in [-0.4, -0.2) is 41.9 Å². The molecule has 18 heavy (non-hydrogen) atoms. The lowest BCUT2D eigenvalue weighted by molar-refractivity contribution is 0.0765. The molecule has 2 aliphatic heterocycles. The van der Waals surface area contributed by atoms with E-state index in [-0.39, 0.29) is 12.7 Å². The molecule has 1 atom stereocenters. The molecular formula is C12H14N2O4. The number of anilines is 1. The Bertz CT molecular complexity index is 503. The van der Waals surface area contributed by atoms with Crippen LogP contribution in [0.1, 0.15) is 16.8 Å². The molecule has 1 aromatic carbocycles. The van der Waals surface area contributed by atoms with Gasteiger partial charge in [0.05, 0.1) is 11.7 Å². The molecule has 3 N–H and O–H groups in total. The van der Waals surface area contributed by atoms with Gasteiger partial charge in [-0.1, -0.05) is 0 Å². The number of likely N-dealkylation sites (tertiary alicyclic amines) is 1. The summed E-state index contributed by atoms with van der Waals surface area (Å²) in [5, 5.41) is 9.45. The number of nitrogens with two attached hydrogens (primary N) is 1. The molecule has 0 aromatic heterocycles. The molecule has 1 aromatic rings. The number of ether oxygens (including phenoxy) is 2. The third kappa shape index (κ3) is 1.74. The second-order valence-corrected chi connectivity index (χ2v) is 4.49. The number of fused-ring (bicyclic) bond motifs is 1. The molecule has 2 heterocycles. The molecule has 6 heteroatoms. The predicted molar refractivity (Wildman–Crippen MR) is 63.5 cm³/mol. The van der Waals surface area contributed by atoms with Gasteiger partial charge in [0.2, 0.25) is 6.79 Å². The van der Waals surface area contributed by atoms with Crippen molar-refractivity contribution in [1.29, 1.82) is 0 Å². The average Bonchev–Trinajstić information content (AvgIpc) is 2.95. The third-order valence-electron chi connectivity index (χ3n) is 3.23. The molecule has 0 saturated carbocycles. The van der Waals surface area contributed by atoms with E-state index >= 15 is 0 Å². The molecule has 0 radical (unpaired) electrons. The van der Waals surface area contributed by atoms with Crippen molar-refractivity contribution in [2.24, 2.45) is 0 Å². The Balaban J connectivity index is 1.90. The van der Waals surface area contributed by atoms with E-state index in [1.807, 2.05) is 0 Å². The number of aliphatic hydroxyl groups excluding tert-OH is 1. The quantitative estimate of drug-likeness (QED) is 0.696. The molecule has 0 spiro atoms. The van der Waals surface area contributed by atoms with Crippen LogP contribution < -0.4 is 15.2 Å². The van der Waals surface area contributed by atoms with Crippen molar-refractivity contribution in [2.45, 2.75) is 12.5 Å². The van der Waals surface area contributed by atoms with Crippen molar-refractivity contribution in [3.63, 3.8) is 0 Å². The smallest absolute Gasteiger partial charge is 0.256 e. The van der Waals surface area contributed by atoms with E-state index in [9.17, 15) is 9.90 Å². The number of benzene rings is 1.